The van der Waals surface area contributed by atoms with E-state index >= 15 is 0 Å². The van der Waals surface area contributed by atoms with E-state index < -0.39 is 0 Å². The standard InChI is InChI=1S/C12H15N3O2/c1-8-3-4-10(9(2)13)11(5-8)16-6-12-14-7-17-15-12/h3-5,7,9H,6,13H2,1-2H3/t9-/m1/s1. The zero-order valence-electron chi connectivity index (χ0n) is 9.88. The summed E-state index contributed by atoms with van der Waals surface area (Å²) in [5.74, 6) is 1.28. The molecule has 90 valence electrons. The first kappa shape index (κ1) is 11.6. The Morgan fingerprint density at radius 2 is 2.29 bits per heavy atom. The maximum atomic E-state index is 5.88. The van der Waals surface area contributed by atoms with Crippen LogP contribution in [0.5, 0.6) is 5.75 Å². The second-order valence-electron chi connectivity index (χ2n) is 3.97. The molecule has 0 saturated heterocycles. The van der Waals surface area contributed by atoms with Crippen LogP contribution in [0, 0.1) is 6.92 Å². The smallest absolute Gasteiger partial charge is 0.213 e. The van der Waals surface area contributed by atoms with E-state index in [0.717, 1.165) is 16.9 Å². The van der Waals surface area contributed by atoms with Gasteiger partial charge in [-0.1, -0.05) is 17.3 Å². The van der Waals surface area contributed by atoms with E-state index in [9.17, 15) is 0 Å². The number of aromatic nitrogens is 2. The monoisotopic (exact) mass is 233 g/mol. The van der Waals surface area contributed by atoms with Gasteiger partial charge in [0.05, 0.1) is 0 Å². The van der Waals surface area contributed by atoms with E-state index in [4.69, 9.17) is 10.5 Å². The predicted octanol–water partition coefficient (Wildman–Crippen LogP) is 1.98. The molecule has 0 fully saturated rings. The molecule has 1 heterocycles. The van der Waals surface area contributed by atoms with Crippen molar-refractivity contribution in [2.75, 3.05) is 0 Å². The Labute approximate surface area is 99.6 Å². The molecule has 0 aliphatic rings. The largest absolute Gasteiger partial charge is 0.485 e. The Bertz CT molecular complexity index is 481. The fourth-order valence-electron chi connectivity index (χ4n) is 1.54. The van der Waals surface area contributed by atoms with Crippen LogP contribution in [0.1, 0.15) is 29.9 Å². The van der Waals surface area contributed by atoms with Crippen molar-refractivity contribution in [1.29, 1.82) is 0 Å². The molecule has 0 unspecified atom stereocenters. The van der Waals surface area contributed by atoms with Gasteiger partial charge in [0.25, 0.3) is 0 Å². The van der Waals surface area contributed by atoms with Gasteiger partial charge < -0.3 is 15.0 Å². The molecule has 5 heteroatoms. The van der Waals surface area contributed by atoms with Gasteiger partial charge in [0.1, 0.15) is 5.75 Å². The molecule has 2 aromatic rings. The van der Waals surface area contributed by atoms with Crippen LogP contribution < -0.4 is 10.5 Å². The van der Waals surface area contributed by atoms with Crippen LogP contribution in [0.25, 0.3) is 0 Å². The van der Waals surface area contributed by atoms with E-state index in [-0.39, 0.29) is 12.6 Å². The highest BCUT2D eigenvalue weighted by Crippen LogP contribution is 2.25. The van der Waals surface area contributed by atoms with Gasteiger partial charge in [-0.3, -0.25) is 0 Å². The molecule has 5 nitrogen and oxygen atoms in total. The average Bonchev–Trinajstić information content (AvgIpc) is 2.78. The summed E-state index contributed by atoms with van der Waals surface area (Å²) >= 11 is 0. The van der Waals surface area contributed by atoms with Crippen LogP contribution in [0.4, 0.5) is 0 Å². The van der Waals surface area contributed by atoms with Crippen molar-refractivity contribution in [3.63, 3.8) is 0 Å². The summed E-state index contributed by atoms with van der Waals surface area (Å²) in [7, 11) is 0. The molecule has 1 aromatic heterocycles. The summed E-state index contributed by atoms with van der Waals surface area (Å²) in [4.78, 5) is 3.89. The number of ether oxygens (including phenoxy) is 1. The zero-order chi connectivity index (χ0) is 12.3. The lowest BCUT2D eigenvalue weighted by molar-refractivity contribution is 0.282. The fraction of sp³-hybridized carbons (Fsp3) is 0.333. The van der Waals surface area contributed by atoms with Crippen LogP contribution in [-0.4, -0.2) is 10.1 Å². The summed E-state index contributed by atoms with van der Waals surface area (Å²) in [6, 6.07) is 5.88. The molecule has 0 saturated carbocycles. The molecule has 0 radical (unpaired) electrons. The molecular weight excluding hydrogens is 218 g/mol. The minimum Gasteiger partial charge on any atom is -0.485 e. The van der Waals surface area contributed by atoms with Crippen LogP contribution in [-0.2, 0) is 6.61 Å². The molecule has 2 rings (SSSR count). The molecular formula is C12H15N3O2. The molecule has 1 atom stereocenters. The minimum atomic E-state index is -0.0733. The first-order valence-corrected chi connectivity index (χ1v) is 5.41. The van der Waals surface area contributed by atoms with E-state index in [0.29, 0.717) is 5.82 Å². The third kappa shape index (κ3) is 2.82. The van der Waals surface area contributed by atoms with Crippen LogP contribution in [0.3, 0.4) is 0 Å². The number of rotatable bonds is 4. The number of hydrogen-bond acceptors (Lipinski definition) is 5. The van der Waals surface area contributed by atoms with Gasteiger partial charge >= 0.3 is 0 Å². The molecule has 1 aromatic carbocycles. The highest BCUT2D eigenvalue weighted by molar-refractivity contribution is 5.38. The lowest BCUT2D eigenvalue weighted by Crippen LogP contribution is -2.08. The maximum Gasteiger partial charge on any atom is 0.213 e. The van der Waals surface area contributed by atoms with Crippen molar-refractivity contribution >= 4 is 0 Å². The van der Waals surface area contributed by atoms with Gasteiger partial charge in [-0.05, 0) is 25.5 Å². The second-order valence-corrected chi connectivity index (χ2v) is 3.97. The molecule has 0 aliphatic heterocycles. The second kappa shape index (κ2) is 4.97. The Kier molecular flexibility index (Phi) is 3.39. The first-order valence-electron chi connectivity index (χ1n) is 5.41. The SMILES string of the molecule is Cc1ccc([C@@H](C)N)c(OCc2ncon2)c1. The van der Waals surface area contributed by atoms with Gasteiger partial charge in [-0.25, -0.2) is 0 Å². The third-order valence-corrected chi connectivity index (χ3v) is 2.42. The topological polar surface area (TPSA) is 74.2 Å². The summed E-state index contributed by atoms with van der Waals surface area (Å²) in [6.07, 6.45) is 1.28. The summed E-state index contributed by atoms with van der Waals surface area (Å²) in [5.41, 5.74) is 7.98. The van der Waals surface area contributed by atoms with Crippen molar-refractivity contribution in [3.8, 4) is 5.75 Å². The van der Waals surface area contributed by atoms with Crippen molar-refractivity contribution in [1.82, 2.24) is 10.1 Å². The molecule has 17 heavy (non-hydrogen) atoms. The number of aryl methyl sites for hydroxylation is 1. The molecule has 2 N–H and O–H groups in total. The van der Waals surface area contributed by atoms with Gasteiger partial charge in [0, 0.05) is 11.6 Å². The van der Waals surface area contributed by atoms with E-state index in [1.807, 2.05) is 32.0 Å². The number of nitrogens with zero attached hydrogens (tertiary/aromatic N) is 2. The van der Waals surface area contributed by atoms with Gasteiger partial charge in [-0.15, -0.1) is 0 Å². The van der Waals surface area contributed by atoms with Gasteiger partial charge in [0.15, 0.2) is 6.61 Å². The number of nitrogens with two attached hydrogens (primary N) is 1. The normalized spacial score (nSPS) is 12.4. The van der Waals surface area contributed by atoms with E-state index in [1.165, 1.54) is 6.39 Å². The lowest BCUT2D eigenvalue weighted by atomic mass is 10.1. The quantitative estimate of drug-likeness (QED) is 0.873. The van der Waals surface area contributed by atoms with Gasteiger partial charge in [-0.2, -0.15) is 4.98 Å². The Hall–Kier alpha value is -1.88. The van der Waals surface area contributed by atoms with Crippen molar-refractivity contribution in [2.45, 2.75) is 26.5 Å². The number of benzene rings is 1. The molecule has 0 aliphatic carbocycles. The number of hydrogen-bond donors (Lipinski definition) is 1. The van der Waals surface area contributed by atoms with Crippen LogP contribution >= 0.6 is 0 Å². The zero-order valence-corrected chi connectivity index (χ0v) is 9.88. The Morgan fingerprint density at radius 3 is 2.94 bits per heavy atom. The fourth-order valence-corrected chi connectivity index (χ4v) is 1.54. The molecule has 0 bridgehead atoms. The van der Waals surface area contributed by atoms with E-state index in [2.05, 4.69) is 14.7 Å². The summed E-state index contributed by atoms with van der Waals surface area (Å²) < 4.78 is 10.3. The van der Waals surface area contributed by atoms with E-state index in [1.54, 1.807) is 0 Å². The first-order chi connectivity index (χ1) is 8.16. The predicted molar refractivity (Wildman–Crippen MR) is 62.4 cm³/mol. The highest BCUT2D eigenvalue weighted by atomic mass is 16.5. The molecule has 0 amide bonds. The molecule has 0 spiro atoms. The van der Waals surface area contributed by atoms with Crippen LogP contribution in [0.15, 0.2) is 29.1 Å². The third-order valence-electron chi connectivity index (χ3n) is 2.42. The van der Waals surface area contributed by atoms with Gasteiger partial charge in [0.2, 0.25) is 12.2 Å². The maximum absolute atomic E-state index is 5.88. The average molecular weight is 233 g/mol. The van der Waals surface area contributed by atoms with Crippen molar-refractivity contribution < 1.29 is 9.26 Å². The Balaban J connectivity index is 2.16. The van der Waals surface area contributed by atoms with Crippen molar-refractivity contribution in [2.24, 2.45) is 5.73 Å². The Morgan fingerprint density at radius 1 is 1.47 bits per heavy atom. The highest BCUT2D eigenvalue weighted by Gasteiger charge is 2.09. The lowest BCUT2D eigenvalue weighted by Gasteiger charge is -2.13. The van der Waals surface area contributed by atoms with Crippen LogP contribution in [0.2, 0.25) is 0 Å². The minimum absolute atomic E-state index is 0.0733. The van der Waals surface area contributed by atoms with Crippen molar-refractivity contribution in [3.05, 3.63) is 41.5 Å². The summed E-state index contributed by atoms with van der Waals surface area (Å²) in [5, 5.41) is 3.69. The summed E-state index contributed by atoms with van der Waals surface area (Å²) in [6.45, 7) is 4.21.